The number of benzene rings is 8. The number of rotatable bonds is 4. The minimum atomic E-state index is -0.154. The van der Waals surface area contributed by atoms with Gasteiger partial charge in [0.2, 0.25) is 0 Å². The van der Waals surface area contributed by atoms with E-state index in [0.29, 0.717) is 0 Å². The minimum Gasteiger partial charge on any atom is -0.456 e. The summed E-state index contributed by atoms with van der Waals surface area (Å²) in [4.78, 5) is 2.35. The van der Waals surface area contributed by atoms with E-state index in [4.69, 9.17) is 13.3 Å². The third-order valence-corrected chi connectivity index (χ3v) is 11.9. The highest BCUT2D eigenvalue weighted by Gasteiger charge is 2.36. The Balaban J connectivity index is 1.11. The molecule has 260 valence electrons. The van der Waals surface area contributed by atoms with E-state index in [1.54, 1.807) is 0 Å². The molecule has 12 rings (SSSR count). The summed E-state index contributed by atoms with van der Waals surface area (Å²) in [5, 5.41) is 6.35. The van der Waals surface area contributed by atoms with Gasteiger partial charge in [-0.05, 0) is 94.0 Å². The van der Waals surface area contributed by atoms with Crippen LogP contribution >= 0.6 is 0 Å². The van der Waals surface area contributed by atoms with Gasteiger partial charge in [0.05, 0.1) is 5.69 Å². The van der Waals surface area contributed by atoms with Gasteiger partial charge in [0, 0.05) is 49.1 Å². The molecule has 0 spiro atoms. The Morgan fingerprint density at radius 3 is 1.96 bits per heavy atom. The predicted molar refractivity (Wildman–Crippen MR) is 226 cm³/mol. The first-order valence-corrected chi connectivity index (χ1v) is 18.8. The number of para-hydroxylation sites is 2. The summed E-state index contributed by atoms with van der Waals surface area (Å²) in [6.07, 6.45) is 0. The number of furan rings is 3. The SMILES string of the molecule is CC1(C)c2ccccc2-c2ccc(N(c3ccc4oc5ccccc5c4c3)c3cccc4c3oc3cc5c(cc34)oc3cccc(-c4ccccc4)c35)cc21. The molecule has 0 N–H and O–H groups in total. The number of hydrogen-bond donors (Lipinski definition) is 0. The van der Waals surface area contributed by atoms with Gasteiger partial charge in [0.1, 0.15) is 27.9 Å². The number of hydrogen-bond acceptors (Lipinski definition) is 4. The Labute approximate surface area is 316 Å². The molecule has 0 bridgehead atoms. The summed E-state index contributed by atoms with van der Waals surface area (Å²) in [6.45, 7) is 4.66. The van der Waals surface area contributed by atoms with Crippen LogP contribution in [-0.2, 0) is 5.41 Å². The van der Waals surface area contributed by atoms with Crippen LogP contribution < -0.4 is 4.90 Å². The Hall–Kier alpha value is -7.04. The molecule has 0 unspecified atom stereocenters. The van der Waals surface area contributed by atoms with Crippen LogP contribution in [0.4, 0.5) is 17.1 Å². The van der Waals surface area contributed by atoms with E-state index < -0.39 is 0 Å². The summed E-state index contributed by atoms with van der Waals surface area (Å²) in [6, 6.07) is 58.0. The van der Waals surface area contributed by atoms with Gasteiger partial charge < -0.3 is 18.2 Å². The fourth-order valence-electron chi connectivity index (χ4n) is 9.25. The zero-order chi connectivity index (χ0) is 36.4. The molecule has 0 aliphatic heterocycles. The molecular formula is C51H33NO3. The average molecular weight is 708 g/mol. The van der Waals surface area contributed by atoms with Crippen molar-refractivity contribution in [3.05, 3.63) is 175 Å². The van der Waals surface area contributed by atoms with Crippen molar-refractivity contribution in [3.63, 3.8) is 0 Å². The van der Waals surface area contributed by atoms with Crippen molar-refractivity contribution >= 4 is 82.9 Å². The van der Waals surface area contributed by atoms with E-state index in [0.717, 1.165) is 94.0 Å². The molecule has 4 heteroatoms. The topological polar surface area (TPSA) is 42.7 Å². The van der Waals surface area contributed by atoms with Crippen LogP contribution in [0.2, 0.25) is 0 Å². The van der Waals surface area contributed by atoms with E-state index in [2.05, 4.69) is 158 Å². The van der Waals surface area contributed by atoms with Gasteiger partial charge in [-0.15, -0.1) is 0 Å². The van der Waals surface area contributed by atoms with E-state index >= 15 is 0 Å². The maximum Gasteiger partial charge on any atom is 0.159 e. The second-order valence-corrected chi connectivity index (χ2v) is 15.3. The molecule has 8 aromatic carbocycles. The van der Waals surface area contributed by atoms with E-state index in [1.807, 2.05) is 24.3 Å². The summed E-state index contributed by atoms with van der Waals surface area (Å²) < 4.78 is 19.8. The van der Waals surface area contributed by atoms with Gasteiger partial charge in [-0.3, -0.25) is 0 Å². The van der Waals surface area contributed by atoms with Crippen LogP contribution in [0, 0.1) is 0 Å². The first-order chi connectivity index (χ1) is 27.0. The molecule has 55 heavy (non-hydrogen) atoms. The van der Waals surface area contributed by atoms with Crippen molar-refractivity contribution < 1.29 is 13.3 Å². The van der Waals surface area contributed by atoms with Gasteiger partial charge >= 0.3 is 0 Å². The zero-order valence-electron chi connectivity index (χ0n) is 30.3. The second kappa shape index (κ2) is 11.0. The Bertz CT molecular complexity index is 3360. The molecule has 0 radical (unpaired) electrons. The summed E-state index contributed by atoms with van der Waals surface area (Å²) in [7, 11) is 0. The molecule has 3 aromatic heterocycles. The standard InChI is InChI=1S/C51H33NO3/c1-51(2)41-18-8-6-14-34(41)35-24-22-32(27-42(35)51)52(31-23-25-45-38(26-31)36-15-7-9-20-44(36)53-45)43-19-10-17-37-39-28-48-40(29-47(39)55-50(37)43)49-33(16-11-21-46(49)54-48)30-12-4-3-5-13-30/h3-29H,1-2H3. The fourth-order valence-corrected chi connectivity index (χ4v) is 9.25. The number of fused-ring (bicyclic) bond motifs is 12. The first-order valence-electron chi connectivity index (χ1n) is 18.8. The lowest BCUT2D eigenvalue weighted by Crippen LogP contribution is -2.16. The van der Waals surface area contributed by atoms with Gasteiger partial charge in [-0.2, -0.15) is 0 Å². The fraction of sp³-hybridized carbons (Fsp3) is 0.0588. The molecule has 0 fully saturated rings. The molecule has 0 saturated carbocycles. The van der Waals surface area contributed by atoms with Crippen molar-refractivity contribution in [1.82, 2.24) is 0 Å². The highest BCUT2D eigenvalue weighted by Crippen LogP contribution is 2.52. The lowest BCUT2D eigenvalue weighted by Gasteiger charge is -2.28. The van der Waals surface area contributed by atoms with Gasteiger partial charge in [0.15, 0.2) is 5.58 Å². The van der Waals surface area contributed by atoms with E-state index in [9.17, 15) is 0 Å². The number of anilines is 3. The van der Waals surface area contributed by atoms with Crippen LogP contribution in [0.3, 0.4) is 0 Å². The van der Waals surface area contributed by atoms with Gasteiger partial charge in [0.25, 0.3) is 0 Å². The monoisotopic (exact) mass is 707 g/mol. The van der Waals surface area contributed by atoms with Crippen molar-refractivity contribution in [3.8, 4) is 22.3 Å². The lowest BCUT2D eigenvalue weighted by atomic mass is 9.82. The lowest BCUT2D eigenvalue weighted by molar-refractivity contribution is 0.660. The first kappa shape index (κ1) is 30.4. The molecule has 3 heterocycles. The molecule has 1 aliphatic carbocycles. The van der Waals surface area contributed by atoms with Crippen molar-refractivity contribution in [2.24, 2.45) is 0 Å². The quantitative estimate of drug-likeness (QED) is 0.183. The smallest absolute Gasteiger partial charge is 0.159 e. The third kappa shape index (κ3) is 4.28. The van der Waals surface area contributed by atoms with Crippen LogP contribution in [0.5, 0.6) is 0 Å². The normalized spacial score (nSPS) is 13.4. The molecule has 0 atom stereocenters. The summed E-state index contributed by atoms with van der Waals surface area (Å²) in [5.74, 6) is 0. The molecule has 4 nitrogen and oxygen atoms in total. The molecule has 0 amide bonds. The largest absolute Gasteiger partial charge is 0.456 e. The Morgan fingerprint density at radius 1 is 0.400 bits per heavy atom. The van der Waals surface area contributed by atoms with Gasteiger partial charge in [-0.25, -0.2) is 0 Å². The highest BCUT2D eigenvalue weighted by molar-refractivity contribution is 6.19. The van der Waals surface area contributed by atoms with Crippen molar-refractivity contribution in [2.75, 3.05) is 4.90 Å². The van der Waals surface area contributed by atoms with Crippen LogP contribution in [0.1, 0.15) is 25.0 Å². The summed E-state index contributed by atoms with van der Waals surface area (Å²) in [5.41, 5.74) is 15.5. The maximum atomic E-state index is 7.00. The van der Waals surface area contributed by atoms with Crippen LogP contribution in [0.25, 0.3) is 88.1 Å². The average Bonchev–Trinajstić information content (AvgIpc) is 3.95. The Morgan fingerprint density at radius 2 is 1.04 bits per heavy atom. The third-order valence-electron chi connectivity index (χ3n) is 11.9. The Kier molecular flexibility index (Phi) is 6.09. The molecule has 0 saturated heterocycles. The molecular weight excluding hydrogens is 675 g/mol. The highest BCUT2D eigenvalue weighted by atomic mass is 16.3. The summed E-state index contributed by atoms with van der Waals surface area (Å²) >= 11 is 0. The van der Waals surface area contributed by atoms with Crippen LogP contribution in [-0.4, -0.2) is 0 Å². The predicted octanol–water partition coefficient (Wildman–Crippen LogP) is 14.8. The zero-order valence-corrected chi connectivity index (χ0v) is 30.3. The van der Waals surface area contributed by atoms with Gasteiger partial charge in [-0.1, -0.05) is 117 Å². The molecule has 1 aliphatic rings. The minimum absolute atomic E-state index is 0.154. The maximum absolute atomic E-state index is 7.00. The van der Waals surface area contributed by atoms with E-state index in [1.165, 1.54) is 22.3 Å². The van der Waals surface area contributed by atoms with Crippen molar-refractivity contribution in [2.45, 2.75) is 19.3 Å². The van der Waals surface area contributed by atoms with Crippen molar-refractivity contribution in [1.29, 1.82) is 0 Å². The van der Waals surface area contributed by atoms with E-state index in [-0.39, 0.29) is 5.41 Å². The second-order valence-electron chi connectivity index (χ2n) is 15.3. The molecule has 11 aromatic rings. The van der Waals surface area contributed by atoms with Crippen LogP contribution in [0.15, 0.2) is 177 Å². The number of nitrogens with zero attached hydrogens (tertiary/aromatic N) is 1.